The molecule has 2 aromatic carbocycles. The predicted octanol–water partition coefficient (Wildman–Crippen LogP) is 3.46. The molecule has 0 unspecified atom stereocenters. The summed E-state index contributed by atoms with van der Waals surface area (Å²) in [4.78, 5) is 12.5. The summed E-state index contributed by atoms with van der Waals surface area (Å²) in [7, 11) is -3.48. The third kappa shape index (κ3) is 4.20. The summed E-state index contributed by atoms with van der Waals surface area (Å²) in [6, 6.07) is 12.6. The fourth-order valence-corrected chi connectivity index (χ4v) is 4.42. The lowest BCUT2D eigenvalue weighted by atomic mass is 10.1. The molecule has 2 aromatic rings. The smallest absolute Gasteiger partial charge is 0.243 e. The van der Waals surface area contributed by atoms with E-state index in [0.29, 0.717) is 18.7 Å². The summed E-state index contributed by atoms with van der Waals surface area (Å²) in [5.41, 5.74) is 1.22. The molecule has 26 heavy (non-hydrogen) atoms. The monoisotopic (exact) mass is 371 g/mol. The van der Waals surface area contributed by atoms with Crippen molar-refractivity contribution in [2.24, 2.45) is 0 Å². The molecule has 0 aromatic heterocycles. The molecule has 0 spiro atoms. The van der Waals surface area contributed by atoms with E-state index >= 15 is 0 Å². The Balaban J connectivity index is 1.72. The van der Waals surface area contributed by atoms with Crippen molar-refractivity contribution >= 4 is 21.9 Å². The quantitative estimate of drug-likeness (QED) is 0.645. The number of carbonyl (C=O) groups is 1. The molecular weight excluding hydrogens is 350 g/mol. The maximum Gasteiger partial charge on any atom is 0.243 e. The number of piperidine rings is 1. The standard InChI is InChI=1S/C20H21NO4S/c22-18-9-4-16(5-10-18)6-13-20(23)17-7-11-19(12-8-17)26(24,25)21-14-2-1-3-15-21/h4-13,22H,1-3,14-15H2/b13-6+. The first-order chi connectivity index (χ1) is 12.5. The molecule has 136 valence electrons. The van der Waals surface area contributed by atoms with Crippen LogP contribution < -0.4 is 0 Å². The predicted molar refractivity (Wildman–Crippen MR) is 101 cm³/mol. The number of sulfonamides is 1. The Hall–Kier alpha value is -2.44. The number of rotatable bonds is 5. The number of allylic oxidation sites excluding steroid dienone is 1. The molecule has 1 N–H and O–H groups in total. The first-order valence-electron chi connectivity index (χ1n) is 8.58. The van der Waals surface area contributed by atoms with Crippen LogP contribution in [0.15, 0.2) is 59.5 Å². The second-order valence-electron chi connectivity index (χ2n) is 6.28. The van der Waals surface area contributed by atoms with Gasteiger partial charge in [-0.3, -0.25) is 4.79 Å². The summed E-state index contributed by atoms with van der Waals surface area (Å²) >= 11 is 0. The third-order valence-electron chi connectivity index (χ3n) is 4.41. The van der Waals surface area contributed by atoms with Gasteiger partial charge in [-0.05, 0) is 60.9 Å². The van der Waals surface area contributed by atoms with Crippen molar-refractivity contribution < 1.29 is 18.3 Å². The fraction of sp³-hybridized carbons (Fsp3) is 0.250. The zero-order chi connectivity index (χ0) is 18.6. The van der Waals surface area contributed by atoms with Crippen molar-refractivity contribution in [3.63, 3.8) is 0 Å². The summed E-state index contributed by atoms with van der Waals surface area (Å²) in [5, 5.41) is 9.25. The number of phenolic OH excluding ortho intramolecular Hbond substituents is 1. The van der Waals surface area contributed by atoms with Gasteiger partial charge < -0.3 is 5.11 Å². The number of aromatic hydroxyl groups is 1. The molecule has 5 nitrogen and oxygen atoms in total. The highest BCUT2D eigenvalue weighted by Gasteiger charge is 2.25. The van der Waals surface area contributed by atoms with Gasteiger partial charge in [0.05, 0.1) is 4.90 Å². The molecule has 0 radical (unpaired) electrons. The van der Waals surface area contributed by atoms with E-state index < -0.39 is 10.0 Å². The molecule has 0 bridgehead atoms. The number of nitrogens with zero attached hydrogens (tertiary/aromatic N) is 1. The second-order valence-corrected chi connectivity index (χ2v) is 8.22. The Bertz CT molecular complexity index is 894. The first-order valence-corrected chi connectivity index (χ1v) is 10.0. The zero-order valence-electron chi connectivity index (χ0n) is 14.3. The Kier molecular flexibility index (Phi) is 5.54. The SMILES string of the molecule is O=C(/C=C/c1ccc(O)cc1)c1ccc(S(=O)(=O)N2CCCCC2)cc1. The van der Waals surface area contributed by atoms with Crippen LogP contribution >= 0.6 is 0 Å². The maximum absolute atomic E-state index is 12.6. The Labute approximate surface area is 153 Å². The van der Waals surface area contributed by atoms with Crippen molar-refractivity contribution in [3.05, 3.63) is 65.7 Å². The van der Waals surface area contributed by atoms with E-state index in [9.17, 15) is 18.3 Å². The highest BCUT2D eigenvalue weighted by atomic mass is 32.2. The number of carbonyl (C=O) groups excluding carboxylic acids is 1. The van der Waals surface area contributed by atoms with Crippen molar-refractivity contribution in [1.29, 1.82) is 0 Å². The number of phenols is 1. The van der Waals surface area contributed by atoms with Crippen LogP contribution in [0.3, 0.4) is 0 Å². The minimum absolute atomic E-state index is 0.166. The van der Waals surface area contributed by atoms with Crippen molar-refractivity contribution in [2.45, 2.75) is 24.2 Å². The van der Waals surface area contributed by atoms with Crippen LogP contribution in [0.5, 0.6) is 5.75 Å². The van der Waals surface area contributed by atoms with Gasteiger partial charge in [0, 0.05) is 18.7 Å². The second kappa shape index (κ2) is 7.85. The average Bonchev–Trinajstić information content (AvgIpc) is 2.68. The van der Waals surface area contributed by atoms with Gasteiger partial charge in [-0.1, -0.05) is 24.6 Å². The van der Waals surface area contributed by atoms with Gasteiger partial charge in [0.1, 0.15) is 5.75 Å². The van der Waals surface area contributed by atoms with Crippen molar-refractivity contribution in [2.75, 3.05) is 13.1 Å². The molecule has 0 saturated carbocycles. The molecule has 1 fully saturated rings. The lowest BCUT2D eigenvalue weighted by Crippen LogP contribution is -2.35. The van der Waals surface area contributed by atoms with Gasteiger partial charge >= 0.3 is 0 Å². The van der Waals surface area contributed by atoms with E-state index in [2.05, 4.69) is 0 Å². The van der Waals surface area contributed by atoms with E-state index in [0.717, 1.165) is 24.8 Å². The van der Waals surface area contributed by atoms with E-state index in [4.69, 9.17) is 0 Å². The molecule has 1 aliphatic heterocycles. The third-order valence-corrected chi connectivity index (χ3v) is 6.32. The summed E-state index contributed by atoms with van der Waals surface area (Å²) in [6.07, 6.45) is 5.92. The zero-order valence-corrected chi connectivity index (χ0v) is 15.2. The highest BCUT2D eigenvalue weighted by molar-refractivity contribution is 7.89. The largest absolute Gasteiger partial charge is 0.508 e. The van der Waals surface area contributed by atoms with E-state index in [-0.39, 0.29) is 16.4 Å². The van der Waals surface area contributed by atoms with Gasteiger partial charge in [-0.25, -0.2) is 8.42 Å². The minimum atomic E-state index is -3.48. The highest BCUT2D eigenvalue weighted by Crippen LogP contribution is 2.21. The fourth-order valence-electron chi connectivity index (χ4n) is 2.90. The minimum Gasteiger partial charge on any atom is -0.508 e. The molecule has 3 rings (SSSR count). The maximum atomic E-state index is 12.6. The van der Waals surface area contributed by atoms with Gasteiger partial charge in [0.15, 0.2) is 5.78 Å². The van der Waals surface area contributed by atoms with Gasteiger partial charge in [-0.2, -0.15) is 4.31 Å². The topological polar surface area (TPSA) is 74.7 Å². The van der Waals surface area contributed by atoms with Gasteiger partial charge in [-0.15, -0.1) is 0 Å². The van der Waals surface area contributed by atoms with Crippen molar-refractivity contribution in [3.8, 4) is 5.75 Å². The lowest BCUT2D eigenvalue weighted by molar-refractivity contribution is 0.104. The summed E-state index contributed by atoms with van der Waals surface area (Å²) in [5.74, 6) is -0.0426. The Morgan fingerprint density at radius 2 is 1.54 bits per heavy atom. The van der Waals surface area contributed by atoms with Crippen LogP contribution in [0.1, 0.15) is 35.2 Å². The number of hydrogen-bond acceptors (Lipinski definition) is 4. The van der Waals surface area contributed by atoms with Crippen LogP contribution in [0.2, 0.25) is 0 Å². The molecule has 0 aliphatic carbocycles. The van der Waals surface area contributed by atoms with Crippen LogP contribution in [0, 0.1) is 0 Å². The van der Waals surface area contributed by atoms with E-state index in [1.54, 1.807) is 42.5 Å². The van der Waals surface area contributed by atoms with E-state index in [1.807, 2.05) is 0 Å². The van der Waals surface area contributed by atoms with Gasteiger partial charge in [0.25, 0.3) is 0 Å². The summed E-state index contributed by atoms with van der Waals surface area (Å²) < 4.78 is 26.7. The Morgan fingerprint density at radius 3 is 2.15 bits per heavy atom. The molecule has 1 heterocycles. The molecule has 1 saturated heterocycles. The molecular formula is C20H21NO4S. The van der Waals surface area contributed by atoms with Crippen LogP contribution in [-0.4, -0.2) is 36.7 Å². The van der Waals surface area contributed by atoms with Crippen LogP contribution in [0.25, 0.3) is 6.08 Å². The van der Waals surface area contributed by atoms with Crippen LogP contribution in [0.4, 0.5) is 0 Å². The van der Waals surface area contributed by atoms with Crippen LogP contribution in [-0.2, 0) is 10.0 Å². The number of hydrogen-bond donors (Lipinski definition) is 1. The summed E-state index contributed by atoms with van der Waals surface area (Å²) in [6.45, 7) is 1.11. The normalized spacial score (nSPS) is 16.0. The average molecular weight is 371 g/mol. The molecule has 0 amide bonds. The molecule has 0 atom stereocenters. The number of ketones is 1. The molecule has 1 aliphatic rings. The molecule has 6 heteroatoms. The van der Waals surface area contributed by atoms with Crippen molar-refractivity contribution in [1.82, 2.24) is 4.31 Å². The van der Waals surface area contributed by atoms with E-state index in [1.165, 1.54) is 22.5 Å². The number of benzene rings is 2. The Morgan fingerprint density at radius 1 is 0.923 bits per heavy atom. The lowest BCUT2D eigenvalue weighted by Gasteiger charge is -2.25. The first kappa shape index (κ1) is 18.4. The van der Waals surface area contributed by atoms with Gasteiger partial charge in [0.2, 0.25) is 10.0 Å².